The molecule has 5 nitrogen and oxygen atoms in total. The predicted octanol–water partition coefficient (Wildman–Crippen LogP) is 2.05. The highest BCUT2D eigenvalue weighted by atomic mass is 16.3. The van der Waals surface area contributed by atoms with Crippen LogP contribution < -0.4 is 4.90 Å². The number of nitrogens with zero attached hydrogens (tertiary/aromatic N) is 4. The Kier molecular flexibility index (Phi) is 2.48. The first-order chi connectivity index (χ1) is 9.65. The number of aryl methyl sites for hydroxylation is 2. The van der Waals surface area contributed by atoms with Crippen LogP contribution in [0.25, 0.3) is 10.9 Å². The summed E-state index contributed by atoms with van der Waals surface area (Å²) < 4.78 is 0. The molecule has 1 fully saturated rings. The van der Waals surface area contributed by atoms with E-state index in [0.717, 1.165) is 59.7 Å². The smallest absolute Gasteiger partial charge is 0.142 e. The molecule has 20 heavy (non-hydrogen) atoms. The minimum atomic E-state index is -0.531. The Bertz CT molecular complexity index is 695. The first-order valence-corrected chi connectivity index (χ1v) is 7.26. The van der Waals surface area contributed by atoms with Crippen molar-refractivity contribution in [2.24, 2.45) is 0 Å². The zero-order chi connectivity index (χ0) is 13.9. The van der Waals surface area contributed by atoms with E-state index < -0.39 is 6.10 Å². The molecule has 2 aliphatic rings. The number of anilines is 1. The average molecular weight is 270 g/mol. The third-order valence-electron chi connectivity index (χ3n) is 4.39. The molecule has 2 aromatic heterocycles. The third-order valence-corrected chi connectivity index (χ3v) is 4.39. The number of hydrogen-bond donors (Lipinski definition) is 1. The topological polar surface area (TPSA) is 62.1 Å². The summed E-state index contributed by atoms with van der Waals surface area (Å²) in [5, 5.41) is 11.6. The van der Waals surface area contributed by atoms with Crippen LogP contribution in [0.3, 0.4) is 0 Å². The van der Waals surface area contributed by atoms with Gasteiger partial charge in [0.05, 0.1) is 22.6 Å². The van der Waals surface area contributed by atoms with Crippen molar-refractivity contribution in [1.29, 1.82) is 0 Å². The molecule has 0 amide bonds. The number of aliphatic hydroxyl groups excluding tert-OH is 1. The fourth-order valence-corrected chi connectivity index (χ4v) is 3.56. The van der Waals surface area contributed by atoms with Gasteiger partial charge in [0, 0.05) is 12.2 Å². The van der Waals surface area contributed by atoms with E-state index in [1.54, 1.807) is 0 Å². The molecule has 4 rings (SSSR count). The standard InChI is InChI=1S/C15H18N4O/c1-8-7-10-12-13(16-8)14(20)11-5-3-4-6-19(11)15(12)18-9(2)17-10/h7,11,14,20H,3-6H2,1-2H3. The molecular formula is C15H18N4O. The normalized spacial score (nSPS) is 24.9. The minimum Gasteiger partial charge on any atom is -0.385 e. The lowest BCUT2D eigenvalue weighted by atomic mass is 9.90. The van der Waals surface area contributed by atoms with Crippen LogP contribution in [0.1, 0.15) is 42.6 Å². The average Bonchev–Trinajstić information content (AvgIpc) is 2.43. The molecule has 2 unspecified atom stereocenters. The largest absolute Gasteiger partial charge is 0.385 e. The highest BCUT2D eigenvalue weighted by Gasteiger charge is 2.38. The lowest BCUT2D eigenvalue weighted by molar-refractivity contribution is 0.123. The van der Waals surface area contributed by atoms with Crippen molar-refractivity contribution in [3.63, 3.8) is 0 Å². The molecule has 0 spiro atoms. The summed E-state index contributed by atoms with van der Waals surface area (Å²) >= 11 is 0. The van der Waals surface area contributed by atoms with Crippen LogP contribution >= 0.6 is 0 Å². The Morgan fingerprint density at radius 3 is 2.90 bits per heavy atom. The maximum Gasteiger partial charge on any atom is 0.142 e. The number of aliphatic hydroxyl groups is 1. The number of aromatic nitrogens is 3. The Hall–Kier alpha value is -1.75. The van der Waals surface area contributed by atoms with Gasteiger partial charge in [-0.15, -0.1) is 0 Å². The van der Waals surface area contributed by atoms with Gasteiger partial charge < -0.3 is 10.0 Å². The van der Waals surface area contributed by atoms with Crippen molar-refractivity contribution in [1.82, 2.24) is 15.0 Å². The lowest BCUT2D eigenvalue weighted by Gasteiger charge is -2.43. The van der Waals surface area contributed by atoms with Crippen LogP contribution in [0.4, 0.5) is 5.82 Å². The Balaban J connectivity index is 2.07. The van der Waals surface area contributed by atoms with Crippen LogP contribution in [0.5, 0.6) is 0 Å². The molecule has 104 valence electrons. The highest BCUT2D eigenvalue weighted by molar-refractivity contribution is 5.93. The molecule has 0 bridgehead atoms. The van der Waals surface area contributed by atoms with Gasteiger partial charge in [-0.1, -0.05) is 0 Å². The molecule has 0 aromatic carbocycles. The van der Waals surface area contributed by atoms with Crippen LogP contribution in [-0.4, -0.2) is 32.6 Å². The molecule has 1 saturated heterocycles. The van der Waals surface area contributed by atoms with Crippen LogP contribution in [0, 0.1) is 13.8 Å². The van der Waals surface area contributed by atoms with Gasteiger partial charge in [-0.2, -0.15) is 0 Å². The molecule has 4 heterocycles. The van der Waals surface area contributed by atoms with Crippen LogP contribution in [0.2, 0.25) is 0 Å². The van der Waals surface area contributed by atoms with E-state index in [1.165, 1.54) is 0 Å². The second-order valence-corrected chi connectivity index (χ2v) is 5.84. The minimum absolute atomic E-state index is 0.114. The zero-order valence-electron chi connectivity index (χ0n) is 11.8. The van der Waals surface area contributed by atoms with Gasteiger partial charge in [-0.05, 0) is 39.2 Å². The number of hydrogen-bond acceptors (Lipinski definition) is 5. The van der Waals surface area contributed by atoms with Crippen LogP contribution in [0.15, 0.2) is 6.07 Å². The van der Waals surface area contributed by atoms with E-state index in [4.69, 9.17) is 0 Å². The van der Waals surface area contributed by atoms with Crippen molar-refractivity contribution in [2.75, 3.05) is 11.4 Å². The Morgan fingerprint density at radius 1 is 1.20 bits per heavy atom. The lowest BCUT2D eigenvalue weighted by Crippen LogP contribution is -2.46. The first-order valence-electron chi connectivity index (χ1n) is 7.26. The fourth-order valence-electron chi connectivity index (χ4n) is 3.56. The van der Waals surface area contributed by atoms with Crippen molar-refractivity contribution in [3.05, 3.63) is 23.3 Å². The molecule has 0 aliphatic carbocycles. The SMILES string of the molecule is Cc1cc2nc(C)nc3c2c(n1)C(O)C1CCCCN31. The van der Waals surface area contributed by atoms with E-state index in [0.29, 0.717) is 0 Å². The summed E-state index contributed by atoms with van der Waals surface area (Å²) in [6, 6.07) is 2.09. The molecule has 5 heteroatoms. The van der Waals surface area contributed by atoms with Crippen molar-refractivity contribution in [3.8, 4) is 0 Å². The monoisotopic (exact) mass is 270 g/mol. The van der Waals surface area contributed by atoms with Crippen molar-refractivity contribution < 1.29 is 5.11 Å². The van der Waals surface area contributed by atoms with Gasteiger partial charge in [0.15, 0.2) is 0 Å². The van der Waals surface area contributed by atoms with Gasteiger partial charge in [-0.25, -0.2) is 9.97 Å². The zero-order valence-corrected chi connectivity index (χ0v) is 11.8. The molecule has 2 atom stereocenters. The Labute approximate surface area is 117 Å². The van der Waals surface area contributed by atoms with Gasteiger partial charge in [0.25, 0.3) is 0 Å². The summed E-state index contributed by atoms with van der Waals surface area (Å²) in [6.07, 6.45) is 2.78. The number of piperidine rings is 1. The summed E-state index contributed by atoms with van der Waals surface area (Å²) in [7, 11) is 0. The number of rotatable bonds is 0. The first kappa shape index (κ1) is 12.0. The molecular weight excluding hydrogens is 252 g/mol. The second kappa shape index (κ2) is 4.12. The maximum atomic E-state index is 10.7. The van der Waals surface area contributed by atoms with Gasteiger partial charge >= 0.3 is 0 Å². The molecule has 0 radical (unpaired) electrons. The van der Waals surface area contributed by atoms with Crippen molar-refractivity contribution >= 4 is 16.7 Å². The van der Waals surface area contributed by atoms with Crippen molar-refractivity contribution in [2.45, 2.75) is 45.3 Å². The third kappa shape index (κ3) is 1.56. The summed E-state index contributed by atoms with van der Waals surface area (Å²) in [5.74, 6) is 1.75. The van der Waals surface area contributed by atoms with Crippen LogP contribution in [-0.2, 0) is 0 Å². The number of fused-ring (bicyclic) bond motifs is 2. The predicted molar refractivity (Wildman–Crippen MR) is 76.8 cm³/mol. The quantitative estimate of drug-likeness (QED) is 0.794. The number of pyridine rings is 1. The van der Waals surface area contributed by atoms with E-state index in [1.807, 2.05) is 19.9 Å². The summed E-state index contributed by atoms with van der Waals surface area (Å²) in [6.45, 7) is 4.84. The fraction of sp³-hybridized carbons (Fsp3) is 0.533. The maximum absolute atomic E-state index is 10.7. The van der Waals surface area contributed by atoms with Gasteiger partial charge in [0.2, 0.25) is 0 Å². The summed E-state index contributed by atoms with van der Waals surface area (Å²) in [4.78, 5) is 16.0. The van der Waals surface area contributed by atoms with Gasteiger partial charge in [0.1, 0.15) is 17.7 Å². The Morgan fingerprint density at radius 2 is 2.05 bits per heavy atom. The van der Waals surface area contributed by atoms with E-state index in [-0.39, 0.29) is 6.04 Å². The molecule has 2 aliphatic heterocycles. The van der Waals surface area contributed by atoms with E-state index in [9.17, 15) is 5.11 Å². The van der Waals surface area contributed by atoms with E-state index in [2.05, 4.69) is 19.9 Å². The van der Waals surface area contributed by atoms with Gasteiger partial charge in [-0.3, -0.25) is 4.98 Å². The molecule has 0 saturated carbocycles. The van der Waals surface area contributed by atoms with E-state index >= 15 is 0 Å². The highest BCUT2D eigenvalue weighted by Crippen LogP contribution is 2.42. The molecule has 1 N–H and O–H groups in total. The molecule has 2 aromatic rings. The second-order valence-electron chi connectivity index (χ2n) is 5.84. The summed E-state index contributed by atoms with van der Waals surface area (Å²) in [5.41, 5.74) is 2.57.